The van der Waals surface area contributed by atoms with Gasteiger partial charge in [0.05, 0.1) is 0 Å². The Morgan fingerprint density at radius 3 is 3.00 bits per heavy atom. The lowest BCUT2D eigenvalue weighted by Gasteiger charge is -2.33. The molecule has 1 saturated heterocycles. The van der Waals surface area contributed by atoms with Crippen LogP contribution < -0.4 is 0 Å². The first-order valence-corrected chi connectivity index (χ1v) is 4.56. The zero-order chi connectivity index (χ0) is 8.77. The maximum Gasteiger partial charge on any atom is 0.334 e. The molecule has 2 atom stereocenters. The van der Waals surface area contributed by atoms with Crippen molar-refractivity contribution in [3.63, 3.8) is 0 Å². The Morgan fingerprint density at radius 1 is 1.58 bits per heavy atom. The highest BCUT2D eigenvalue weighted by molar-refractivity contribution is 5.91. The third-order valence-corrected chi connectivity index (χ3v) is 3.16. The van der Waals surface area contributed by atoms with Crippen molar-refractivity contribution in [3.05, 3.63) is 12.2 Å². The van der Waals surface area contributed by atoms with Gasteiger partial charge in [0.25, 0.3) is 0 Å². The predicted molar refractivity (Wildman–Crippen MR) is 45.6 cm³/mol. The molecule has 1 heterocycles. The summed E-state index contributed by atoms with van der Waals surface area (Å²) in [6, 6.07) is 0. The van der Waals surface area contributed by atoms with E-state index in [1.807, 2.05) is 6.92 Å². The van der Waals surface area contributed by atoms with Crippen LogP contribution >= 0.6 is 0 Å². The molecule has 0 spiro atoms. The fourth-order valence-corrected chi connectivity index (χ4v) is 2.39. The molecular weight excluding hydrogens is 152 g/mol. The van der Waals surface area contributed by atoms with Crippen LogP contribution in [0.4, 0.5) is 0 Å². The number of carbonyl (C=O) groups excluding carboxylic acids is 1. The molecule has 2 fully saturated rings. The molecule has 1 aliphatic carbocycles. The molecule has 2 aliphatic rings. The highest BCUT2D eigenvalue weighted by Gasteiger charge is 2.49. The summed E-state index contributed by atoms with van der Waals surface area (Å²) in [5, 5.41) is 0. The van der Waals surface area contributed by atoms with Crippen molar-refractivity contribution in [1.29, 1.82) is 0 Å². The number of ether oxygens (including phenoxy) is 1. The smallest absolute Gasteiger partial charge is 0.334 e. The minimum Gasteiger partial charge on any atom is -0.455 e. The first-order valence-electron chi connectivity index (χ1n) is 4.56. The quantitative estimate of drug-likeness (QED) is 0.406. The molecule has 0 unspecified atom stereocenters. The van der Waals surface area contributed by atoms with Crippen LogP contribution in [0, 0.1) is 5.92 Å². The van der Waals surface area contributed by atoms with Crippen LogP contribution in [0.5, 0.6) is 0 Å². The van der Waals surface area contributed by atoms with Crippen LogP contribution in [0.1, 0.15) is 32.6 Å². The molecule has 2 nitrogen and oxygen atoms in total. The Bertz CT molecular complexity index is 244. The SMILES string of the molecule is C=C1C(=O)O[C@]2(C)CCCC[C@@H]12. The van der Waals surface area contributed by atoms with Gasteiger partial charge in [0, 0.05) is 11.5 Å². The van der Waals surface area contributed by atoms with Crippen molar-refractivity contribution in [1.82, 2.24) is 0 Å². The van der Waals surface area contributed by atoms with Gasteiger partial charge in [-0.25, -0.2) is 4.79 Å². The third kappa shape index (κ3) is 0.904. The molecule has 1 saturated carbocycles. The Kier molecular flexibility index (Phi) is 1.53. The normalized spacial score (nSPS) is 40.9. The number of carbonyl (C=O) groups is 1. The molecule has 0 aromatic heterocycles. The van der Waals surface area contributed by atoms with Crippen molar-refractivity contribution in [2.24, 2.45) is 5.92 Å². The summed E-state index contributed by atoms with van der Waals surface area (Å²) < 4.78 is 5.33. The summed E-state index contributed by atoms with van der Waals surface area (Å²) in [5.41, 5.74) is 0.476. The highest BCUT2D eigenvalue weighted by atomic mass is 16.6. The van der Waals surface area contributed by atoms with Gasteiger partial charge in [-0.15, -0.1) is 0 Å². The van der Waals surface area contributed by atoms with Gasteiger partial charge in [-0.3, -0.25) is 0 Å². The number of hydrogen-bond donors (Lipinski definition) is 0. The van der Waals surface area contributed by atoms with Crippen LogP contribution in [0.3, 0.4) is 0 Å². The monoisotopic (exact) mass is 166 g/mol. The van der Waals surface area contributed by atoms with E-state index in [4.69, 9.17) is 4.74 Å². The molecule has 1 aliphatic heterocycles. The summed E-state index contributed by atoms with van der Waals surface area (Å²) in [6.45, 7) is 5.82. The van der Waals surface area contributed by atoms with Crippen LogP contribution in [0.25, 0.3) is 0 Å². The maximum atomic E-state index is 11.2. The topological polar surface area (TPSA) is 26.3 Å². The number of rotatable bonds is 0. The lowest BCUT2D eigenvalue weighted by Crippen LogP contribution is -2.34. The van der Waals surface area contributed by atoms with Gasteiger partial charge >= 0.3 is 5.97 Å². The van der Waals surface area contributed by atoms with Crippen LogP contribution in [-0.4, -0.2) is 11.6 Å². The molecule has 12 heavy (non-hydrogen) atoms. The standard InChI is InChI=1S/C10H14O2/c1-7-8-5-3-4-6-10(8,2)12-9(7)11/h8H,1,3-6H2,2H3/t8-,10+/m0/s1. The zero-order valence-corrected chi connectivity index (χ0v) is 7.43. The van der Waals surface area contributed by atoms with E-state index in [2.05, 4.69) is 6.58 Å². The lowest BCUT2D eigenvalue weighted by atomic mass is 9.75. The Morgan fingerprint density at radius 2 is 2.33 bits per heavy atom. The average molecular weight is 166 g/mol. The van der Waals surface area contributed by atoms with Crippen LogP contribution in [0.15, 0.2) is 12.2 Å². The molecule has 0 aromatic carbocycles. The van der Waals surface area contributed by atoms with Gasteiger partial charge in [0.1, 0.15) is 5.60 Å². The van der Waals surface area contributed by atoms with E-state index in [-0.39, 0.29) is 11.6 Å². The summed E-state index contributed by atoms with van der Waals surface area (Å²) in [5.74, 6) is 0.114. The summed E-state index contributed by atoms with van der Waals surface area (Å²) >= 11 is 0. The average Bonchev–Trinajstić information content (AvgIpc) is 2.24. The Balaban J connectivity index is 2.30. The predicted octanol–water partition coefficient (Wildman–Crippen LogP) is 2.05. The van der Waals surface area contributed by atoms with Gasteiger partial charge in [0.15, 0.2) is 0 Å². The van der Waals surface area contributed by atoms with Gasteiger partial charge in [-0.1, -0.05) is 13.0 Å². The summed E-state index contributed by atoms with van der Waals surface area (Å²) in [6.07, 6.45) is 4.45. The van der Waals surface area contributed by atoms with Gasteiger partial charge in [-0.2, -0.15) is 0 Å². The van der Waals surface area contributed by atoms with Crippen LogP contribution in [-0.2, 0) is 9.53 Å². The van der Waals surface area contributed by atoms with Crippen molar-refractivity contribution < 1.29 is 9.53 Å². The summed E-state index contributed by atoms with van der Waals surface area (Å²) in [7, 11) is 0. The molecule has 0 amide bonds. The number of esters is 1. The van der Waals surface area contributed by atoms with Gasteiger partial charge in [0.2, 0.25) is 0 Å². The van der Waals surface area contributed by atoms with Gasteiger partial charge < -0.3 is 4.74 Å². The highest BCUT2D eigenvalue weighted by Crippen LogP contribution is 2.45. The second kappa shape index (κ2) is 2.35. The molecule has 0 bridgehead atoms. The molecule has 0 N–H and O–H groups in total. The maximum absolute atomic E-state index is 11.2. The van der Waals surface area contributed by atoms with Crippen LogP contribution in [0.2, 0.25) is 0 Å². The Labute approximate surface area is 72.6 Å². The van der Waals surface area contributed by atoms with Gasteiger partial charge in [-0.05, 0) is 26.2 Å². The van der Waals surface area contributed by atoms with Crippen molar-refractivity contribution in [2.75, 3.05) is 0 Å². The minimum absolute atomic E-state index is 0.176. The zero-order valence-electron chi connectivity index (χ0n) is 7.43. The molecule has 0 radical (unpaired) electrons. The fraction of sp³-hybridized carbons (Fsp3) is 0.700. The van der Waals surface area contributed by atoms with E-state index < -0.39 is 0 Å². The minimum atomic E-state index is -0.216. The largest absolute Gasteiger partial charge is 0.455 e. The molecule has 66 valence electrons. The second-order valence-electron chi connectivity index (χ2n) is 4.03. The molecular formula is C10H14O2. The van der Waals surface area contributed by atoms with Crippen molar-refractivity contribution in [2.45, 2.75) is 38.2 Å². The Hall–Kier alpha value is -0.790. The number of fused-ring (bicyclic) bond motifs is 1. The van der Waals surface area contributed by atoms with Crippen molar-refractivity contribution in [3.8, 4) is 0 Å². The van der Waals surface area contributed by atoms with E-state index in [9.17, 15) is 4.79 Å². The fourth-order valence-electron chi connectivity index (χ4n) is 2.39. The first kappa shape index (κ1) is 7.84. The molecule has 2 rings (SSSR count). The molecule has 2 heteroatoms. The molecule has 0 aromatic rings. The van der Waals surface area contributed by atoms with E-state index in [0.717, 1.165) is 12.8 Å². The first-order chi connectivity index (χ1) is 5.63. The number of hydrogen-bond acceptors (Lipinski definition) is 2. The second-order valence-corrected chi connectivity index (χ2v) is 4.03. The summed E-state index contributed by atoms with van der Waals surface area (Å²) in [4.78, 5) is 11.2. The van der Waals surface area contributed by atoms with E-state index in [0.29, 0.717) is 11.5 Å². The van der Waals surface area contributed by atoms with Crippen molar-refractivity contribution >= 4 is 5.97 Å². The van der Waals surface area contributed by atoms with E-state index >= 15 is 0 Å². The lowest BCUT2D eigenvalue weighted by molar-refractivity contribution is -0.148. The third-order valence-electron chi connectivity index (χ3n) is 3.16. The van der Waals surface area contributed by atoms with E-state index in [1.165, 1.54) is 12.8 Å². The van der Waals surface area contributed by atoms with E-state index in [1.54, 1.807) is 0 Å².